The predicted octanol–water partition coefficient (Wildman–Crippen LogP) is 1.68. The summed E-state index contributed by atoms with van der Waals surface area (Å²) in [6.07, 6.45) is 2.49. The molecule has 2 aliphatic rings. The number of aliphatic carboxylic acids is 1. The van der Waals surface area contributed by atoms with Crippen LogP contribution in [0, 0.1) is 11.8 Å². The van der Waals surface area contributed by atoms with Crippen molar-refractivity contribution < 1.29 is 24.2 Å². The van der Waals surface area contributed by atoms with Crippen LogP contribution in [-0.2, 0) is 14.3 Å². The molecule has 0 aliphatic carbocycles. The Balaban J connectivity index is 1.71. The first-order chi connectivity index (χ1) is 10.6. The van der Waals surface area contributed by atoms with Gasteiger partial charge in [0.15, 0.2) is 0 Å². The third-order valence-electron chi connectivity index (χ3n) is 3.92. The number of hydrogen-bond donors (Lipinski definition) is 2. The molecule has 2 heterocycles. The number of nitrogens with one attached hydrogen (secondary N) is 1. The molecule has 6 heteroatoms. The molecule has 6 nitrogen and oxygen atoms in total. The highest BCUT2D eigenvalue weighted by atomic mass is 16.5. The SMILES string of the molecule is CCOc1ccc(NC(=O)[C@@H]2[C@H](C(=O)O)[C@H]3C=C[C@H]2O3)cc1. The number of rotatable bonds is 5. The van der Waals surface area contributed by atoms with E-state index in [1.807, 2.05) is 6.92 Å². The first kappa shape index (κ1) is 14.6. The molecule has 0 unspecified atom stereocenters. The fourth-order valence-corrected chi connectivity index (χ4v) is 2.94. The Morgan fingerprint density at radius 1 is 1.18 bits per heavy atom. The van der Waals surface area contributed by atoms with Crippen molar-refractivity contribution in [3.05, 3.63) is 36.4 Å². The molecule has 1 fully saturated rings. The highest BCUT2D eigenvalue weighted by Gasteiger charge is 2.53. The summed E-state index contributed by atoms with van der Waals surface area (Å²) < 4.78 is 10.8. The van der Waals surface area contributed by atoms with E-state index < -0.39 is 30.0 Å². The number of carboxylic acid groups (broad SMARTS) is 1. The van der Waals surface area contributed by atoms with Gasteiger partial charge in [0.25, 0.3) is 0 Å². The van der Waals surface area contributed by atoms with Crippen LogP contribution in [0.3, 0.4) is 0 Å². The standard InChI is InChI=1S/C16H17NO5/c1-2-21-10-5-3-9(4-6-10)17-15(18)13-11-7-8-12(22-11)14(13)16(19)20/h3-8,11-14H,2H2,1H3,(H,17,18)(H,19,20)/t11-,12-,13+,14-/m1/s1. The van der Waals surface area contributed by atoms with E-state index in [-0.39, 0.29) is 5.91 Å². The van der Waals surface area contributed by atoms with E-state index >= 15 is 0 Å². The summed E-state index contributed by atoms with van der Waals surface area (Å²) in [6.45, 7) is 2.46. The Bertz CT molecular complexity index is 609. The molecule has 3 rings (SSSR count). The Morgan fingerprint density at radius 3 is 2.41 bits per heavy atom. The van der Waals surface area contributed by atoms with E-state index in [1.54, 1.807) is 36.4 Å². The molecule has 1 saturated heterocycles. The van der Waals surface area contributed by atoms with Crippen molar-refractivity contribution >= 4 is 17.6 Å². The number of hydrogen-bond acceptors (Lipinski definition) is 4. The van der Waals surface area contributed by atoms with Crippen molar-refractivity contribution in [3.8, 4) is 5.75 Å². The summed E-state index contributed by atoms with van der Waals surface area (Å²) in [4.78, 5) is 23.8. The summed E-state index contributed by atoms with van der Waals surface area (Å²) in [5.41, 5.74) is 0.601. The average Bonchev–Trinajstić information content (AvgIpc) is 3.10. The van der Waals surface area contributed by atoms with Gasteiger partial charge in [-0.15, -0.1) is 0 Å². The molecular formula is C16H17NO5. The number of carbonyl (C=O) groups excluding carboxylic acids is 1. The first-order valence-electron chi connectivity index (χ1n) is 7.20. The van der Waals surface area contributed by atoms with Crippen LogP contribution in [0.5, 0.6) is 5.75 Å². The summed E-state index contributed by atoms with van der Waals surface area (Å²) in [6, 6.07) is 6.96. The number of anilines is 1. The quantitative estimate of drug-likeness (QED) is 0.808. The van der Waals surface area contributed by atoms with Gasteiger partial charge in [-0.2, -0.15) is 0 Å². The predicted molar refractivity (Wildman–Crippen MR) is 78.7 cm³/mol. The molecule has 1 aromatic carbocycles. The minimum Gasteiger partial charge on any atom is -0.494 e. The molecule has 0 radical (unpaired) electrons. The van der Waals surface area contributed by atoms with Crippen LogP contribution in [0.25, 0.3) is 0 Å². The summed E-state index contributed by atoms with van der Waals surface area (Å²) >= 11 is 0. The van der Waals surface area contributed by atoms with Crippen molar-refractivity contribution in [2.75, 3.05) is 11.9 Å². The molecule has 1 aromatic rings. The van der Waals surface area contributed by atoms with Crippen LogP contribution < -0.4 is 10.1 Å². The Labute approximate surface area is 127 Å². The van der Waals surface area contributed by atoms with Crippen LogP contribution in [0.2, 0.25) is 0 Å². The second-order valence-corrected chi connectivity index (χ2v) is 5.29. The monoisotopic (exact) mass is 303 g/mol. The Kier molecular flexibility index (Phi) is 3.85. The number of ether oxygens (including phenoxy) is 2. The van der Waals surface area contributed by atoms with Crippen LogP contribution in [0.1, 0.15) is 6.92 Å². The maximum absolute atomic E-state index is 12.4. The van der Waals surface area contributed by atoms with Gasteiger partial charge < -0.3 is 19.9 Å². The van der Waals surface area contributed by atoms with Crippen molar-refractivity contribution in [1.82, 2.24) is 0 Å². The number of benzene rings is 1. The summed E-state index contributed by atoms with van der Waals surface area (Å²) in [5, 5.41) is 12.1. The zero-order valence-electron chi connectivity index (χ0n) is 12.1. The fourth-order valence-electron chi connectivity index (χ4n) is 2.94. The number of fused-ring (bicyclic) bond motifs is 2. The van der Waals surface area contributed by atoms with Gasteiger partial charge in [0, 0.05) is 5.69 Å². The zero-order valence-corrected chi connectivity index (χ0v) is 12.1. The summed E-state index contributed by atoms with van der Waals surface area (Å²) in [7, 11) is 0. The molecule has 2 bridgehead atoms. The van der Waals surface area contributed by atoms with Gasteiger partial charge in [-0.3, -0.25) is 9.59 Å². The number of carboxylic acids is 1. The van der Waals surface area contributed by atoms with Gasteiger partial charge in [-0.05, 0) is 31.2 Å². The molecule has 0 spiro atoms. The van der Waals surface area contributed by atoms with E-state index in [0.29, 0.717) is 12.3 Å². The lowest BCUT2D eigenvalue weighted by atomic mass is 9.82. The largest absolute Gasteiger partial charge is 0.494 e. The highest BCUT2D eigenvalue weighted by molar-refractivity contribution is 5.96. The van der Waals surface area contributed by atoms with Gasteiger partial charge in [-0.25, -0.2) is 0 Å². The highest BCUT2D eigenvalue weighted by Crippen LogP contribution is 2.39. The van der Waals surface area contributed by atoms with Crippen LogP contribution >= 0.6 is 0 Å². The number of amides is 1. The number of carbonyl (C=O) groups is 2. The van der Waals surface area contributed by atoms with E-state index in [2.05, 4.69) is 5.32 Å². The molecule has 0 saturated carbocycles. The lowest BCUT2D eigenvalue weighted by Crippen LogP contribution is -2.39. The first-order valence-corrected chi connectivity index (χ1v) is 7.20. The Hall–Kier alpha value is -2.34. The molecule has 4 atom stereocenters. The van der Waals surface area contributed by atoms with Gasteiger partial charge in [0.1, 0.15) is 11.7 Å². The topological polar surface area (TPSA) is 84.9 Å². The summed E-state index contributed by atoms with van der Waals surface area (Å²) in [5.74, 6) is -2.18. The third-order valence-corrected chi connectivity index (χ3v) is 3.92. The van der Waals surface area contributed by atoms with Crippen LogP contribution in [0.4, 0.5) is 5.69 Å². The molecule has 0 aromatic heterocycles. The van der Waals surface area contributed by atoms with Gasteiger partial charge in [0.05, 0.1) is 24.7 Å². The lowest BCUT2D eigenvalue weighted by Gasteiger charge is -2.21. The molecule has 2 aliphatic heterocycles. The van der Waals surface area contributed by atoms with E-state index in [0.717, 1.165) is 5.75 Å². The van der Waals surface area contributed by atoms with Gasteiger partial charge in [0.2, 0.25) is 5.91 Å². The zero-order chi connectivity index (χ0) is 15.7. The third kappa shape index (κ3) is 2.57. The maximum Gasteiger partial charge on any atom is 0.310 e. The van der Waals surface area contributed by atoms with Crippen molar-refractivity contribution in [1.29, 1.82) is 0 Å². The minimum atomic E-state index is -1.01. The Morgan fingerprint density at radius 2 is 1.82 bits per heavy atom. The van der Waals surface area contributed by atoms with Gasteiger partial charge >= 0.3 is 5.97 Å². The second-order valence-electron chi connectivity index (χ2n) is 5.29. The average molecular weight is 303 g/mol. The molecule has 22 heavy (non-hydrogen) atoms. The normalized spacial score (nSPS) is 28.6. The molecule has 116 valence electrons. The van der Waals surface area contributed by atoms with Crippen molar-refractivity contribution in [2.24, 2.45) is 11.8 Å². The van der Waals surface area contributed by atoms with Crippen LogP contribution in [0.15, 0.2) is 36.4 Å². The van der Waals surface area contributed by atoms with Crippen molar-refractivity contribution in [2.45, 2.75) is 19.1 Å². The smallest absolute Gasteiger partial charge is 0.310 e. The second kappa shape index (κ2) is 5.81. The van der Waals surface area contributed by atoms with E-state index in [4.69, 9.17) is 9.47 Å². The van der Waals surface area contributed by atoms with Crippen molar-refractivity contribution in [3.63, 3.8) is 0 Å². The molecule has 2 N–H and O–H groups in total. The minimum absolute atomic E-state index is 0.339. The maximum atomic E-state index is 12.4. The molecular weight excluding hydrogens is 286 g/mol. The van der Waals surface area contributed by atoms with E-state index in [1.165, 1.54) is 0 Å². The molecule has 1 amide bonds. The van der Waals surface area contributed by atoms with Gasteiger partial charge in [-0.1, -0.05) is 12.2 Å². The fraction of sp³-hybridized carbons (Fsp3) is 0.375. The lowest BCUT2D eigenvalue weighted by molar-refractivity contribution is -0.145. The van der Waals surface area contributed by atoms with Crippen LogP contribution in [-0.4, -0.2) is 35.8 Å². The van der Waals surface area contributed by atoms with E-state index in [9.17, 15) is 14.7 Å².